The Labute approximate surface area is 160 Å². The second-order valence-corrected chi connectivity index (χ2v) is 9.93. The van der Waals surface area contributed by atoms with Gasteiger partial charge in [0.15, 0.2) is 4.90 Å². The molecule has 150 valence electrons. The average Bonchev–Trinajstić information content (AvgIpc) is 3.01. The number of nitrogens with one attached hydrogen (secondary N) is 2. The SMILES string of the molecule is CCCn1ncc(S(=O)(=O)NC(=O)NC2C3CC4CC(C3)CC2C4)c1OC. The molecule has 2 N–H and O–H groups in total. The Morgan fingerprint density at radius 1 is 1.22 bits per heavy atom. The number of urea groups is 1. The Morgan fingerprint density at radius 2 is 1.85 bits per heavy atom. The van der Waals surface area contributed by atoms with E-state index in [0.29, 0.717) is 18.4 Å². The molecular weight excluding hydrogens is 368 g/mol. The van der Waals surface area contributed by atoms with Gasteiger partial charge in [0.05, 0.1) is 13.3 Å². The normalized spacial score (nSPS) is 31.7. The molecule has 2 amide bonds. The minimum Gasteiger partial charge on any atom is -0.480 e. The summed E-state index contributed by atoms with van der Waals surface area (Å²) in [5.41, 5.74) is 0. The number of hydrogen-bond donors (Lipinski definition) is 2. The van der Waals surface area contributed by atoms with E-state index in [2.05, 4.69) is 15.1 Å². The van der Waals surface area contributed by atoms with Gasteiger partial charge in [0.1, 0.15) is 0 Å². The number of rotatable bonds is 6. The first-order valence-electron chi connectivity index (χ1n) is 9.84. The van der Waals surface area contributed by atoms with Crippen LogP contribution in [0.4, 0.5) is 4.79 Å². The summed E-state index contributed by atoms with van der Waals surface area (Å²) in [6.07, 6.45) is 7.97. The first-order valence-corrected chi connectivity index (χ1v) is 11.3. The zero-order chi connectivity index (χ0) is 19.2. The molecule has 4 saturated carbocycles. The van der Waals surface area contributed by atoms with Crippen molar-refractivity contribution in [3.63, 3.8) is 0 Å². The number of sulfonamides is 1. The molecule has 8 nitrogen and oxygen atoms in total. The summed E-state index contributed by atoms with van der Waals surface area (Å²) in [5.74, 6) is 2.71. The first kappa shape index (κ1) is 18.6. The Bertz CT molecular complexity index is 791. The molecule has 0 spiro atoms. The maximum absolute atomic E-state index is 12.7. The molecule has 4 fully saturated rings. The highest BCUT2D eigenvalue weighted by Gasteiger charge is 2.48. The predicted molar refractivity (Wildman–Crippen MR) is 98.8 cm³/mol. The standard InChI is InChI=1S/C18H28N4O4S/c1-3-4-22-17(26-2)15(10-19-22)27(24,25)21-18(23)20-16-13-6-11-5-12(8-13)9-14(16)7-11/h10-14,16H,3-9H2,1-2H3,(H2,20,21,23). The third-order valence-corrected chi connectivity index (χ3v) is 7.74. The molecular formula is C18H28N4O4S. The minimum atomic E-state index is -4.05. The molecule has 1 heterocycles. The Kier molecular flexibility index (Phi) is 4.82. The van der Waals surface area contributed by atoms with Crippen molar-refractivity contribution >= 4 is 16.1 Å². The molecule has 1 aromatic heterocycles. The molecule has 0 aliphatic heterocycles. The molecule has 0 radical (unpaired) electrons. The van der Waals surface area contributed by atoms with E-state index < -0.39 is 16.1 Å². The lowest BCUT2D eigenvalue weighted by Gasteiger charge is -2.54. The van der Waals surface area contributed by atoms with Crippen molar-refractivity contribution in [3.05, 3.63) is 6.20 Å². The second-order valence-electron chi connectivity index (χ2n) is 8.28. The van der Waals surface area contributed by atoms with Gasteiger partial charge in [-0.15, -0.1) is 0 Å². The molecule has 0 aromatic carbocycles. The lowest BCUT2D eigenvalue weighted by atomic mass is 9.54. The Hall–Kier alpha value is -1.77. The third kappa shape index (κ3) is 3.41. The molecule has 1 aromatic rings. The summed E-state index contributed by atoms with van der Waals surface area (Å²) < 4.78 is 34.2. The van der Waals surface area contributed by atoms with Crippen LogP contribution in [0, 0.1) is 23.7 Å². The monoisotopic (exact) mass is 396 g/mol. The zero-order valence-electron chi connectivity index (χ0n) is 15.8. The van der Waals surface area contributed by atoms with Gasteiger partial charge in [0, 0.05) is 12.6 Å². The fourth-order valence-electron chi connectivity index (χ4n) is 5.64. The summed E-state index contributed by atoms with van der Waals surface area (Å²) in [6, 6.07) is -0.574. The summed E-state index contributed by atoms with van der Waals surface area (Å²) in [6.45, 7) is 2.50. The van der Waals surface area contributed by atoms with Crippen LogP contribution in [0.5, 0.6) is 5.88 Å². The smallest absolute Gasteiger partial charge is 0.328 e. The number of aromatic nitrogens is 2. The van der Waals surface area contributed by atoms with Crippen molar-refractivity contribution in [2.75, 3.05) is 7.11 Å². The molecule has 4 aliphatic rings. The zero-order valence-corrected chi connectivity index (χ0v) is 16.7. The highest BCUT2D eigenvalue weighted by Crippen LogP contribution is 2.53. The molecule has 5 rings (SSSR count). The maximum atomic E-state index is 12.7. The van der Waals surface area contributed by atoms with Crippen LogP contribution >= 0.6 is 0 Å². The Balaban J connectivity index is 1.45. The summed E-state index contributed by atoms with van der Waals surface area (Å²) in [5, 5.41) is 7.03. The number of ether oxygens (including phenoxy) is 1. The van der Waals surface area contributed by atoms with Crippen LogP contribution in [0.1, 0.15) is 45.4 Å². The number of hydrogen-bond acceptors (Lipinski definition) is 5. The average molecular weight is 397 g/mol. The number of carbonyl (C=O) groups is 1. The molecule has 0 atom stereocenters. The van der Waals surface area contributed by atoms with E-state index in [-0.39, 0.29) is 16.8 Å². The van der Waals surface area contributed by atoms with E-state index in [1.807, 2.05) is 6.92 Å². The quantitative estimate of drug-likeness (QED) is 0.767. The molecule has 0 saturated heterocycles. The van der Waals surface area contributed by atoms with Gasteiger partial charge in [-0.3, -0.25) is 0 Å². The van der Waals surface area contributed by atoms with Crippen LogP contribution < -0.4 is 14.8 Å². The van der Waals surface area contributed by atoms with Crippen molar-refractivity contribution in [3.8, 4) is 5.88 Å². The maximum Gasteiger partial charge on any atom is 0.328 e. The topological polar surface area (TPSA) is 102 Å². The van der Waals surface area contributed by atoms with E-state index in [1.165, 1.54) is 24.4 Å². The number of nitrogens with zero attached hydrogens (tertiary/aromatic N) is 2. The van der Waals surface area contributed by atoms with Gasteiger partial charge < -0.3 is 10.1 Å². The van der Waals surface area contributed by atoms with Gasteiger partial charge >= 0.3 is 6.03 Å². The first-order chi connectivity index (χ1) is 12.9. The molecule has 4 aliphatic carbocycles. The molecule has 9 heteroatoms. The second kappa shape index (κ2) is 7.00. The van der Waals surface area contributed by atoms with Gasteiger partial charge in [-0.2, -0.15) is 5.10 Å². The van der Waals surface area contributed by atoms with Crippen molar-refractivity contribution in [2.45, 2.75) is 62.9 Å². The lowest BCUT2D eigenvalue weighted by molar-refractivity contribution is -0.00919. The van der Waals surface area contributed by atoms with E-state index in [4.69, 9.17) is 4.74 Å². The van der Waals surface area contributed by atoms with Gasteiger partial charge in [0.25, 0.3) is 10.0 Å². The summed E-state index contributed by atoms with van der Waals surface area (Å²) in [4.78, 5) is 12.4. The van der Waals surface area contributed by atoms with Crippen LogP contribution in [0.15, 0.2) is 11.1 Å². The number of carbonyl (C=O) groups excluding carboxylic acids is 1. The van der Waals surface area contributed by atoms with Gasteiger partial charge in [-0.1, -0.05) is 6.92 Å². The van der Waals surface area contributed by atoms with Gasteiger partial charge in [-0.05, 0) is 62.2 Å². The van der Waals surface area contributed by atoms with Crippen molar-refractivity contribution < 1.29 is 17.9 Å². The van der Waals surface area contributed by atoms with E-state index in [0.717, 1.165) is 43.9 Å². The predicted octanol–water partition coefficient (Wildman–Crippen LogP) is 2.11. The van der Waals surface area contributed by atoms with Crippen molar-refractivity contribution in [2.24, 2.45) is 23.7 Å². The number of aryl methyl sites for hydroxylation is 1. The lowest BCUT2D eigenvalue weighted by Crippen LogP contribution is -2.57. The van der Waals surface area contributed by atoms with Crippen LogP contribution in [-0.4, -0.2) is 37.4 Å². The van der Waals surface area contributed by atoms with E-state index in [9.17, 15) is 13.2 Å². The fourth-order valence-corrected chi connectivity index (χ4v) is 6.65. The molecule has 0 unspecified atom stereocenters. The summed E-state index contributed by atoms with van der Waals surface area (Å²) in [7, 11) is -2.65. The van der Waals surface area contributed by atoms with Crippen LogP contribution in [0.2, 0.25) is 0 Å². The third-order valence-electron chi connectivity index (χ3n) is 6.43. The summed E-state index contributed by atoms with van der Waals surface area (Å²) >= 11 is 0. The van der Waals surface area contributed by atoms with Crippen molar-refractivity contribution in [1.29, 1.82) is 0 Å². The van der Waals surface area contributed by atoms with Gasteiger partial charge in [0.2, 0.25) is 5.88 Å². The Morgan fingerprint density at radius 3 is 2.41 bits per heavy atom. The highest BCUT2D eigenvalue weighted by molar-refractivity contribution is 7.90. The molecule has 4 bridgehead atoms. The van der Waals surface area contributed by atoms with Gasteiger partial charge in [-0.25, -0.2) is 22.6 Å². The highest BCUT2D eigenvalue weighted by atomic mass is 32.2. The van der Waals surface area contributed by atoms with E-state index >= 15 is 0 Å². The number of amides is 2. The fraction of sp³-hybridized carbons (Fsp3) is 0.778. The molecule has 27 heavy (non-hydrogen) atoms. The minimum absolute atomic E-state index is 0.0812. The largest absolute Gasteiger partial charge is 0.480 e. The van der Waals surface area contributed by atoms with Crippen LogP contribution in [0.25, 0.3) is 0 Å². The van der Waals surface area contributed by atoms with Crippen molar-refractivity contribution in [1.82, 2.24) is 19.8 Å². The van der Waals surface area contributed by atoms with E-state index in [1.54, 1.807) is 0 Å². The number of methoxy groups -OCH3 is 1. The van der Waals surface area contributed by atoms with Crippen LogP contribution in [-0.2, 0) is 16.6 Å². The van der Waals surface area contributed by atoms with Crippen LogP contribution in [0.3, 0.4) is 0 Å².